The summed E-state index contributed by atoms with van der Waals surface area (Å²) in [7, 11) is 0. The van der Waals surface area contributed by atoms with Gasteiger partial charge in [-0.2, -0.15) is 5.26 Å². The molecule has 0 aliphatic rings. The SMILES string of the molecule is N#Cc1ccc2cccc(-c3ccccc3)c2c1. The zero-order chi connectivity index (χ0) is 12.4. The molecular formula is C17H11N. The molecule has 0 aromatic heterocycles. The first kappa shape index (κ1) is 10.6. The lowest BCUT2D eigenvalue weighted by atomic mass is 9.97. The molecule has 1 heteroatoms. The van der Waals surface area contributed by atoms with Crippen molar-refractivity contribution in [2.45, 2.75) is 0 Å². The summed E-state index contributed by atoms with van der Waals surface area (Å²) < 4.78 is 0. The molecule has 1 nitrogen and oxygen atoms in total. The van der Waals surface area contributed by atoms with Gasteiger partial charge in [0.25, 0.3) is 0 Å². The maximum Gasteiger partial charge on any atom is 0.0991 e. The van der Waals surface area contributed by atoms with E-state index < -0.39 is 0 Å². The van der Waals surface area contributed by atoms with Crippen molar-refractivity contribution in [3.05, 3.63) is 72.3 Å². The Morgan fingerprint density at radius 2 is 1.61 bits per heavy atom. The molecule has 0 saturated carbocycles. The van der Waals surface area contributed by atoms with Crippen LogP contribution >= 0.6 is 0 Å². The molecule has 0 fully saturated rings. The van der Waals surface area contributed by atoms with Gasteiger partial charge in [0.2, 0.25) is 0 Å². The predicted molar refractivity (Wildman–Crippen MR) is 74.1 cm³/mol. The molecule has 0 heterocycles. The largest absolute Gasteiger partial charge is 0.192 e. The zero-order valence-electron chi connectivity index (χ0n) is 9.80. The van der Waals surface area contributed by atoms with E-state index in [1.165, 1.54) is 11.1 Å². The highest BCUT2D eigenvalue weighted by Gasteiger charge is 2.03. The van der Waals surface area contributed by atoms with E-state index >= 15 is 0 Å². The fourth-order valence-electron chi connectivity index (χ4n) is 2.21. The van der Waals surface area contributed by atoms with E-state index in [0.717, 1.165) is 10.8 Å². The lowest BCUT2D eigenvalue weighted by Gasteiger charge is -2.07. The standard InChI is InChI=1S/C17H11N/c18-12-13-9-10-15-7-4-8-16(17(15)11-13)14-5-2-1-3-6-14/h1-11H. The van der Waals surface area contributed by atoms with Crippen LogP contribution in [-0.4, -0.2) is 0 Å². The summed E-state index contributed by atoms with van der Waals surface area (Å²) in [6.45, 7) is 0. The third-order valence-electron chi connectivity index (χ3n) is 3.10. The summed E-state index contributed by atoms with van der Waals surface area (Å²) in [6, 6.07) is 24.5. The van der Waals surface area contributed by atoms with Crippen LogP contribution in [0.2, 0.25) is 0 Å². The Bertz CT molecular complexity index is 736. The first-order valence-electron chi connectivity index (χ1n) is 5.87. The molecule has 0 N–H and O–H groups in total. The number of fused-ring (bicyclic) bond motifs is 1. The molecule has 0 aliphatic carbocycles. The van der Waals surface area contributed by atoms with E-state index in [1.54, 1.807) is 0 Å². The quantitative estimate of drug-likeness (QED) is 0.607. The minimum atomic E-state index is 0.700. The molecule has 0 atom stereocenters. The van der Waals surface area contributed by atoms with Gasteiger partial charge in [0, 0.05) is 0 Å². The Labute approximate surface area is 106 Å². The van der Waals surface area contributed by atoms with E-state index in [4.69, 9.17) is 5.26 Å². The fourth-order valence-corrected chi connectivity index (χ4v) is 2.21. The molecule has 0 radical (unpaired) electrons. The highest BCUT2D eigenvalue weighted by Crippen LogP contribution is 2.29. The van der Waals surface area contributed by atoms with E-state index in [0.29, 0.717) is 5.56 Å². The van der Waals surface area contributed by atoms with Crippen LogP contribution in [0.25, 0.3) is 21.9 Å². The average Bonchev–Trinajstić information content (AvgIpc) is 2.47. The molecule has 84 valence electrons. The van der Waals surface area contributed by atoms with E-state index in [1.807, 2.05) is 36.4 Å². The van der Waals surface area contributed by atoms with Gasteiger partial charge < -0.3 is 0 Å². The van der Waals surface area contributed by atoms with Crippen LogP contribution in [0, 0.1) is 11.3 Å². The first-order valence-corrected chi connectivity index (χ1v) is 5.87. The molecular weight excluding hydrogens is 218 g/mol. The Hall–Kier alpha value is -2.59. The Morgan fingerprint density at radius 3 is 2.39 bits per heavy atom. The lowest BCUT2D eigenvalue weighted by molar-refractivity contribution is 1.50. The normalized spacial score (nSPS) is 10.2. The third-order valence-corrected chi connectivity index (χ3v) is 3.10. The van der Waals surface area contributed by atoms with Gasteiger partial charge in [-0.25, -0.2) is 0 Å². The van der Waals surface area contributed by atoms with Gasteiger partial charge in [-0.1, -0.05) is 54.6 Å². The monoisotopic (exact) mass is 229 g/mol. The van der Waals surface area contributed by atoms with Gasteiger partial charge in [-0.05, 0) is 34.0 Å². The molecule has 0 amide bonds. The van der Waals surface area contributed by atoms with Crippen LogP contribution in [0.1, 0.15) is 5.56 Å². The van der Waals surface area contributed by atoms with Crippen LogP contribution in [0.4, 0.5) is 0 Å². The van der Waals surface area contributed by atoms with Crippen molar-refractivity contribution in [1.29, 1.82) is 5.26 Å². The van der Waals surface area contributed by atoms with Gasteiger partial charge in [-0.3, -0.25) is 0 Å². The van der Waals surface area contributed by atoms with Gasteiger partial charge >= 0.3 is 0 Å². The maximum absolute atomic E-state index is 9.01. The molecule has 0 spiro atoms. The number of nitriles is 1. The second-order valence-corrected chi connectivity index (χ2v) is 4.22. The maximum atomic E-state index is 9.01. The summed E-state index contributed by atoms with van der Waals surface area (Å²) >= 11 is 0. The van der Waals surface area contributed by atoms with Crippen LogP contribution in [-0.2, 0) is 0 Å². The van der Waals surface area contributed by atoms with E-state index in [-0.39, 0.29) is 0 Å². The Morgan fingerprint density at radius 1 is 0.778 bits per heavy atom. The van der Waals surface area contributed by atoms with Crippen molar-refractivity contribution in [2.24, 2.45) is 0 Å². The summed E-state index contributed by atoms with van der Waals surface area (Å²) in [6.07, 6.45) is 0. The smallest absolute Gasteiger partial charge is 0.0991 e. The lowest BCUT2D eigenvalue weighted by Crippen LogP contribution is -1.82. The van der Waals surface area contributed by atoms with Crippen molar-refractivity contribution >= 4 is 10.8 Å². The van der Waals surface area contributed by atoms with Crippen molar-refractivity contribution in [3.8, 4) is 17.2 Å². The molecule has 3 aromatic carbocycles. The minimum absolute atomic E-state index is 0.700. The van der Waals surface area contributed by atoms with Crippen LogP contribution in [0.15, 0.2) is 66.7 Å². The fraction of sp³-hybridized carbons (Fsp3) is 0. The van der Waals surface area contributed by atoms with E-state index in [9.17, 15) is 0 Å². The summed E-state index contributed by atoms with van der Waals surface area (Å²) in [5, 5.41) is 11.3. The average molecular weight is 229 g/mol. The number of rotatable bonds is 1. The van der Waals surface area contributed by atoms with Crippen molar-refractivity contribution in [1.82, 2.24) is 0 Å². The highest BCUT2D eigenvalue weighted by molar-refractivity contribution is 5.97. The molecule has 3 rings (SSSR count). The molecule has 0 unspecified atom stereocenters. The Balaban J connectivity index is 2.33. The molecule has 3 aromatic rings. The number of hydrogen-bond acceptors (Lipinski definition) is 1. The van der Waals surface area contributed by atoms with Gasteiger partial charge in [0.05, 0.1) is 11.6 Å². The highest BCUT2D eigenvalue weighted by atomic mass is 14.2. The summed E-state index contributed by atoms with van der Waals surface area (Å²) in [5.74, 6) is 0. The summed E-state index contributed by atoms with van der Waals surface area (Å²) in [4.78, 5) is 0. The molecule has 0 aliphatic heterocycles. The van der Waals surface area contributed by atoms with Crippen molar-refractivity contribution in [2.75, 3.05) is 0 Å². The van der Waals surface area contributed by atoms with E-state index in [2.05, 4.69) is 36.4 Å². The predicted octanol–water partition coefficient (Wildman–Crippen LogP) is 4.38. The van der Waals surface area contributed by atoms with Gasteiger partial charge in [-0.15, -0.1) is 0 Å². The second-order valence-electron chi connectivity index (χ2n) is 4.22. The van der Waals surface area contributed by atoms with Crippen LogP contribution in [0.3, 0.4) is 0 Å². The van der Waals surface area contributed by atoms with Crippen LogP contribution < -0.4 is 0 Å². The second kappa shape index (κ2) is 4.35. The molecule has 0 saturated heterocycles. The number of benzene rings is 3. The van der Waals surface area contributed by atoms with Gasteiger partial charge in [0.15, 0.2) is 0 Å². The third kappa shape index (κ3) is 1.74. The number of hydrogen-bond donors (Lipinski definition) is 0. The van der Waals surface area contributed by atoms with Crippen molar-refractivity contribution < 1.29 is 0 Å². The topological polar surface area (TPSA) is 23.8 Å². The van der Waals surface area contributed by atoms with Crippen molar-refractivity contribution in [3.63, 3.8) is 0 Å². The summed E-state index contributed by atoms with van der Waals surface area (Å²) in [5.41, 5.74) is 3.05. The van der Waals surface area contributed by atoms with Gasteiger partial charge in [0.1, 0.15) is 0 Å². The van der Waals surface area contributed by atoms with Crippen LogP contribution in [0.5, 0.6) is 0 Å². The molecule has 0 bridgehead atoms. The number of nitrogens with zero attached hydrogens (tertiary/aromatic N) is 1. The first-order chi connectivity index (χ1) is 8.88. The minimum Gasteiger partial charge on any atom is -0.192 e. The molecule has 18 heavy (non-hydrogen) atoms. The Kier molecular flexibility index (Phi) is 2.55. The zero-order valence-corrected chi connectivity index (χ0v) is 9.80.